The number of rotatable bonds is 8. The average Bonchev–Trinajstić information content (AvgIpc) is 3.36. The van der Waals surface area contributed by atoms with Gasteiger partial charge in [-0.3, -0.25) is 9.59 Å². The predicted octanol–water partition coefficient (Wildman–Crippen LogP) is 3.44. The lowest BCUT2D eigenvalue weighted by atomic mass is 9.89. The number of carbonyl (C=O) groups is 2. The highest BCUT2D eigenvalue weighted by atomic mass is 16.5. The summed E-state index contributed by atoms with van der Waals surface area (Å²) >= 11 is 0. The predicted molar refractivity (Wildman–Crippen MR) is 141 cm³/mol. The van der Waals surface area contributed by atoms with Gasteiger partial charge >= 0.3 is 0 Å². The molecule has 5 rings (SSSR count). The van der Waals surface area contributed by atoms with E-state index in [1.165, 1.54) is 5.56 Å². The molecule has 3 atom stereocenters. The summed E-state index contributed by atoms with van der Waals surface area (Å²) in [5, 5.41) is 3.29. The zero-order valence-electron chi connectivity index (χ0n) is 21.3. The lowest BCUT2D eigenvalue weighted by molar-refractivity contribution is -0.148. The summed E-state index contributed by atoms with van der Waals surface area (Å²) in [4.78, 5) is 30.8. The number of allylic oxidation sites excluding steroid dienone is 1. The van der Waals surface area contributed by atoms with Gasteiger partial charge in [0.05, 0.1) is 26.3 Å². The molecule has 1 saturated heterocycles. The van der Waals surface area contributed by atoms with Gasteiger partial charge < -0.3 is 24.6 Å². The first-order chi connectivity index (χ1) is 18.1. The Labute approximate surface area is 218 Å². The van der Waals surface area contributed by atoms with Gasteiger partial charge in [-0.25, -0.2) is 0 Å². The molecule has 7 heteroatoms. The molecule has 0 aromatic heterocycles. The van der Waals surface area contributed by atoms with Crippen LogP contribution in [-0.2, 0) is 27.3 Å². The minimum absolute atomic E-state index is 0.0159. The van der Waals surface area contributed by atoms with Crippen molar-refractivity contribution in [2.45, 2.75) is 31.5 Å². The van der Waals surface area contributed by atoms with Crippen molar-refractivity contribution in [1.82, 2.24) is 15.1 Å². The number of ether oxygens (including phenoxy) is 2. The number of amides is 2. The van der Waals surface area contributed by atoms with E-state index < -0.39 is 0 Å². The van der Waals surface area contributed by atoms with Crippen LogP contribution in [0.4, 0.5) is 0 Å². The smallest absolute Gasteiger partial charge is 0.252 e. The Kier molecular flexibility index (Phi) is 7.30. The Morgan fingerprint density at radius 2 is 1.86 bits per heavy atom. The van der Waals surface area contributed by atoms with Gasteiger partial charge in [-0.1, -0.05) is 48.5 Å². The molecular formula is C30H33N3O4. The SMILES string of the molecule is COC1=CC2NC=C(C(=O)N3CC(=O)N(Cc4cccc(OC)c4)[C@@H](CCc4ccccc4)C3)C2C=C1. The fourth-order valence-corrected chi connectivity index (χ4v) is 5.35. The second-order valence-electron chi connectivity index (χ2n) is 9.69. The Bertz CT molecular complexity index is 1240. The second-order valence-corrected chi connectivity index (χ2v) is 9.69. The van der Waals surface area contributed by atoms with Crippen LogP contribution in [0.25, 0.3) is 0 Å². The molecule has 0 radical (unpaired) electrons. The molecule has 0 bridgehead atoms. The summed E-state index contributed by atoms with van der Waals surface area (Å²) in [6.45, 7) is 1.06. The van der Waals surface area contributed by atoms with E-state index in [2.05, 4.69) is 17.4 Å². The molecule has 2 amide bonds. The molecule has 0 spiro atoms. The van der Waals surface area contributed by atoms with Crippen LogP contribution in [-0.4, -0.2) is 61.0 Å². The van der Waals surface area contributed by atoms with Crippen LogP contribution in [0.5, 0.6) is 5.75 Å². The van der Waals surface area contributed by atoms with Gasteiger partial charge in [-0.05, 0) is 48.3 Å². The van der Waals surface area contributed by atoms with Gasteiger partial charge in [0.1, 0.15) is 18.1 Å². The third-order valence-electron chi connectivity index (χ3n) is 7.37. The molecule has 2 aromatic carbocycles. The molecule has 2 heterocycles. The van der Waals surface area contributed by atoms with E-state index in [0.717, 1.165) is 29.9 Å². The zero-order valence-corrected chi connectivity index (χ0v) is 21.3. The Hall–Kier alpha value is -4.00. The van der Waals surface area contributed by atoms with Crippen LogP contribution in [0.2, 0.25) is 0 Å². The molecule has 1 fully saturated rings. The first-order valence-electron chi connectivity index (χ1n) is 12.7. The lowest BCUT2D eigenvalue weighted by Gasteiger charge is -2.42. The topological polar surface area (TPSA) is 71.1 Å². The largest absolute Gasteiger partial charge is 0.497 e. The average molecular weight is 500 g/mol. The molecule has 0 saturated carbocycles. The maximum Gasteiger partial charge on any atom is 0.252 e. The molecular weight excluding hydrogens is 466 g/mol. The van der Waals surface area contributed by atoms with Crippen molar-refractivity contribution < 1.29 is 19.1 Å². The van der Waals surface area contributed by atoms with Crippen molar-refractivity contribution in [3.05, 3.63) is 101 Å². The minimum atomic E-state index is -0.0933. The van der Waals surface area contributed by atoms with Crippen LogP contribution in [0.1, 0.15) is 17.5 Å². The van der Waals surface area contributed by atoms with Gasteiger partial charge in [0.15, 0.2) is 0 Å². The van der Waals surface area contributed by atoms with E-state index in [1.807, 2.05) is 65.6 Å². The van der Waals surface area contributed by atoms with Gasteiger partial charge in [0, 0.05) is 30.8 Å². The Balaban J connectivity index is 1.34. The fourth-order valence-electron chi connectivity index (χ4n) is 5.35. The molecule has 2 unspecified atom stereocenters. The zero-order chi connectivity index (χ0) is 25.8. The number of hydrogen-bond donors (Lipinski definition) is 1. The standard InChI is InChI=1S/C30H33N3O4/c1-36-24-10-6-9-22(15-24)18-33-23(12-11-21-7-4-3-5-8-21)19-32(20-29(33)34)30(35)27-17-31-28-16-25(37-2)13-14-26(27)28/h3-10,13-17,23,26,28,31H,11-12,18-20H2,1-2H3/t23-,26?,28?/m0/s1. The molecule has 2 aliphatic heterocycles. The summed E-state index contributed by atoms with van der Waals surface area (Å²) < 4.78 is 10.7. The number of piperazine rings is 1. The van der Waals surface area contributed by atoms with E-state index >= 15 is 0 Å². The fraction of sp³-hybridized carbons (Fsp3) is 0.333. The number of hydrogen-bond acceptors (Lipinski definition) is 5. The van der Waals surface area contributed by atoms with Crippen LogP contribution >= 0.6 is 0 Å². The van der Waals surface area contributed by atoms with E-state index in [0.29, 0.717) is 18.7 Å². The monoisotopic (exact) mass is 499 g/mol. The van der Waals surface area contributed by atoms with E-state index in [-0.39, 0.29) is 36.4 Å². The molecule has 3 aliphatic rings. The highest BCUT2D eigenvalue weighted by molar-refractivity contribution is 5.98. The van der Waals surface area contributed by atoms with Crippen LogP contribution in [0, 0.1) is 5.92 Å². The summed E-state index contributed by atoms with van der Waals surface area (Å²) in [7, 11) is 3.28. The summed E-state index contributed by atoms with van der Waals surface area (Å²) in [6, 6.07) is 18.0. The highest BCUT2D eigenvalue weighted by Gasteiger charge is 2.39. The lowest BCUT2D eigenvalue weighted by Crippen LogP contribution is -2.58. The van der Waals surface area contributed by atoms with Gasteiger partial charge in [0.25, 0.3) is 5.91 Å². The Morgan fingerprint density at radius 3 is 2.65 bits per heavy atom. The normalized spacial score (nSPS) is 22.6. The number of nitrogens with one attached hydrogen (secondary N) is 1. The van der Waals surface area contributed by atoms with Crippen molar-refractivity contribution in [2.75, 3.05) is 27.3 Å². The molecule has 1 aliphatic carbocycles. The Morgan fingerprint density at radius 1 is 1.05 bits per heavy atom. The van der Waals surface area contributed by atoms with Crippen LogP contribution in [0.15, 0.2) is 90.4 Å². The molecule has 2 aromatic rings. The number of carbonyl (C=O) groups excluding carboxylic acids is 2. The van der Waals surface area contributed by atoms with Gasteiger partial charge in [-0.15, -0.1) is 0 Å². The number of fused-ring (bicyclic) bond motifs is 1. The van der Waals surface area contributed by atoms with Gasteiger partial charge in [-0.2, -0.15) is 0 Å². The molecule has 37 heavy (non-hydrogen) atoms. The third-order valence-corrected chi connectivity index (χ3v) is 7.37. The number of benzene rings is 2. The summed E-state index contributed by atoms with van der Waals surface area (Å²) in [5.41, 5.74) is 2.91. The van der Waals surface area contributed by atoms with Crippen molar-refractivity contribution in [1.29, 1.82) is 0 Å². The maximum absolute atomic E-state index is 13.7. The maximum atomic E-state index is 13.7. The van der Waals surface area contributed by atoms with Crippen molar-refractivity contribution in [2.24, 2.45) is 5.92 Å². The minimum Gasteiger partial charge on any atom is -0.497 e. The van der Waals surface area contributed by atoms with Crippen molar-refractivity contribution >= 4 is 11.8 Å². The highest BCUT2D eigenvalue weighted by Crippen LogP contribution is 2.31. The number of nitrogens with zero attached hydrogens (tertiary/aromatic N) is 2. The second kappa shape index (κ2) is 10.9. The molecule has 7 nitrogen and oxygen atoms in total. The van der Waals surface area contributed by atoms with Crippen LogP contribution < -0.4 is 10.1 Å². The van der Waals surface area contributed by atoms with Crippen molar-refractivity contribution in [3.63, 3.8) is 0 Å². The van der Waals surface area contributed by atoms with Crippen molar-refractivity contribution in [3.8, 4) is 5.75 Å². The number of aryl methyl sites for hydroxylation is 1. The summed E-state index contributed by atoms with van der Waals surface area (Å²) in [5.74, 6) is 1.35. The first kappa shape index (κ1) is 24.7. The third kappa shape index (κ3) is 5.40. The van der Waals surface area contributed by atoms with E-state index in [9.17, 15) is 9.59 Å². The molecule has 192 valence electrons. The quantitative estimate of drug-likeness (QED) is 0.603. The number of methoxy groups -OCH3 is 2. The van der Waals surface area contributed by atoms with E-state index in [1.54, 1.807) is 25.3 Å². The summed E-state index contributed by atoms with van der Waals surface area (Å²) in [6.07, 6.45) is 9.28. The molecule has 1 N–H and O–H groups in total. The van der Waals surface area contributed by atoms with Crippen LogP contribution in [0.3, 0.4) is 0 Å². The van der Waals surface area contributed by atoms with E-state index in [4.69, 9.17) is 9.47 Å². The van der Waals surface area contributed by atoms with Gasteiger partial charge in [0.2, 0.25) is 5.91 Å². The first-order valence-corrected chi connectivity index (χ1v) is 12.7.